The molecule has 0 bridgehead atoms. The van der Waals surface area contributed by atoms with Gasteiger partial charge in [0.25, 0.3) is 0 Å². The van der Waals surface area contributed by atoms with E-state index in [0.717, 1.165) is 49.4 Å². The Hall–Kier alpha value is -0.370. The van der Waals surface area contributed by atoms with Gasteiger partial charge in [0.15, 0.2) is 0 Å². The first kappa shape index (κ1) is 21.8. The van der Waals surface area contributed by atoms with Crippen LogP contribution in [0, 0.1) is 52.3 Å². The quantitative estimate of drug-likeness (QED) is 0.559. The molecule has 4 rings (SSSR count). The van der Waals surface area contributed by atoms with Crippen molar-refractivity contribution in [1.82, 2.24) is 0 Å². The Morgan fingerprint density at radius 2 is 1.66 bits per heavy atom. The van der Waals surface area contributed by atoms with Crippen molar-refractivity contribution in [1.29, 1.82) is 0 Å². The molecule has 0 spiro atoms. The highest BCUT2D eigenvalue weighted by Gasteiger charge is 2.62. The fourth-order valence-electron chi connectivity index (χ4n) is 9.04. The molecule has 0 aromatic rings. The molecular formula is C27H46O2. The summed E-state index contributed by atoms with van der Waals surface area (Å²) < 4.78 is 0. The average Bonchev–Trinajstić information content (AvgIpc) is 3.00. The van der Waals surface area contributed by atoms with Crippen LogP contribution in [-0.4, -0.2) is 17.0 Å². The highest BCUT2D eigenvalue weighted by atomic mass is 16.3. The van der Waals surface area contributed by atoms with Crippen LogP contribution in [-0.2, 0) is 4.79 Å². The summed E-state index contributed by atoms with van der Waals surface area (Å²) in [5.74, 6) is 5.21. The average molecular weight is 403 g/mol. The van der Waals surface area contributed by atoms with Crippen molar-refractivity contribution in [3.63, 3.8) is 0 Å². The first-order chi connectivity index (χ1) is 13.7. The maximum Gasteiger partial charge on any atom is 0.136 e. The molecule has 29 heavy (non-hydrogen) atoms. The predicted octanol–water partition coefficient (Wildman–Crippen LogP) is 6.65. The Balaban J connectivity index is 1.50. The van der Waals surface area contributed by atoms with E-state index in [0.29, 0.717) is 23.0 Å². The molecule has 0 heterocycles. The second kappa shape index (κ2) is 7.95. The van der Waals surface area contributed by atoms with Crippen LogP contribution in [0.5, 0.6) is 0 Å². The molecule has 2 nitrogen and oxygen atoms in total. The van der Waals surface area contributed by atoms with E-state index in [4.69, 9.17) is 0 Å². The molecule has 4 fully saturated rings. The zero-order valence-electron chi connectivity index (χ0n) is 19.8. The van der Waals surface area contributed by atoms with Crippen molar-refractivity contribution in [3.05, 3.63) is 0 Å². The second-order valence-electron chi connectivity index (χ2n) is 12.6. The van der Waals surface area contributed by atoms with Crippen molar-refractivity contribution in [2.75, 3.05) is 0 Å². The summed E-state index contributed by atoms with van der Waals surface area (Å²) in [5, 5.41) is 10.2. The summed E-state index contributed by atoms with van der Waals surface area (Å²) in [4.78, 5) is 13.2. The maximum atomic E-state index is 13.2. The topological polar surface area (TPSA) is 37.3 Å². The van der Waals surface area contributed by atoms with Crippen LogP contribution < -0.4 is 0 Å². The number of fused-ring (bicyclic) bond motifs is 5. The highest BCUT2D eigenvalue weighted by Crippen LogP contribution is 2.67. The lowest BCUT2D eigenvalue weighted by molar-refractivity contribution is -0.160. The molecular weight excluding hydrogens is 356 g/mol. The summed E-state index contributed by atoms with van der Waals surface area (Å²) in [7, 11) is 0. The summed E-state index contributed by atoms with van der Waals surface area (Å²) in [6.45, 7) is 12.2. The molecule has 0 amide bonds. The Kier molecular flexibility index (Phi) is 5.99. The van der Waals surface area contributed by atoms with E-state index in [-0.39, 0.29) is 17.4 Å². The number of rotatable bonds is 5. The van der Waals surface area contributed by atoms with E-state index in [9.17, 15) is 9.90 Å². The Morgan fingerprint density at radius 1 is 0.966 bits per heavy atom. The van der Waals surface area contributed by atoms with E-state index in [1.807, 2.05) is 0 Å². The first-order valence-electron chi connectivity index (χ1n) is 12.9. The normalized spacial score (nSPS) is 48.2. The minimum absolute atomic E-state index is 0.129. The minimum atomic E-state index is -0.245. The van der Waals surface area contributed by atoms with Crippen LogP contribution in [0.4, 0.5) is 0 Å². The molecule has 2 heteroatoms. The smallest absolute Gasteiger partial charge is 0.136 e. The monoisotopic (exact) mass is 402 g/mol. The number of aliphatic hydroxyl groups excluding tert-OH is 1. The highest BCUT2D eigenvalue weighted by molar-refractivity contribution is 5.83. The van der Waals surface area contributed by atoms with Gasteiger partial charge in [-0.15, -0.1) is 0 Å². The van der Waals surface area contributed by atoms with Crippen LogP contribution >= 0.6 is 0 Å². The molecule has 4 saturated carbocycles. The summed E-state index contributed by atoms with van der Waals surface area (Å²) >= 11 is 0. The van der Waals surface area contributed by atoms with Crippen molar-refractivity contribution in [3.8, 4) is 0 Å². The van der Waals surface area contributed by atoms with Gasteiger partial charge in [-0.3, -0.25) is 4.79 Å². The third-order valence-corrected chi connectivity index (χ3v) is 10.6. The summed E-state index contributed by atoms with van der Waals surface area (Å²) in [5.41, 5.74) is 0.609. The van der Waals surface area contributed by atoms with Crippen LogP contribution in [0.2, 0.25) is 0 Å². The molecule has 1 N–H and O–H groups in total. The van der Waals surface area contributed by atoms with Gasteiger partial charge >= 0.3 is 0 Å². The standard InChI is InChI=1S/C27H46O2/c1-17(2)7-6-8-18(3)21-9-10-22-20-16-25(29)24-15-19(28)11-13-27(24,5)23(20)12-14-26(21,22)4/h17-24,28H,6-16H2,1-5H3/t18-,19+,20+,21-,22+,23+,24+,26-,27-/m1/s1. The third-order valence-electron chi connectivity index (χ3n) is 10.6. The summed E-state index contributed by atoms with van der Waals surface area (Å²) in [6.07, 6.45) is 12.8. The molecule has 4 aliphatic carbocycles. The Bertz CT molecular complexity index is 612. The van der Waals surface area contributed by atoms with Crippen molar-refractivity contribution >= 4 is 5.78 Å². The lowest BCUT2D eigenvalue weighted by Gasteiger charge is -2.60. The van der Waals surface area contributed by atoms with Gasteiger partial charge < -0.3 is 5.11 Å². The van der Waals surface area contributed by atoms with Crippen LogP contribution in [0.3, 0.4) is 0 Å². The van der Waals surface area contributed by atoms with Crippen LogP contribution in [0.1, 0.15) is 105 Å². The van der Waals surface area contributed by atoms with Crippen molar-refractivity contribution < 1.29 is 9.90 Å². The van der Waals surface area contributed by atoms with Gasteiger partial charge in [-0.2, -0.15) is 0 Å². The van der Waals surface area contributed by atoms with E-state index < -0.39 is 0 Å². The van der Waals surface area contributed by atoms with Crippen LogP contribution in [0.25, 0.3) is 0 Å². The van der Waals surface area contributed by atoms with Gasteiger partial charge in [-0.25, -0.2) is 0 Å². The fraction of sp³-hybridized carbons (Fsp3) is 0.963. The molecule has 9 atom stereocenters. The van der Waals surface area contributed by atoms with Gasteiger partial charge in [0, 0.05) is 12.3 Å². The first-order valence-corrected chi connectivity index (χ1v) is 12.9. The number of carbonyl (C=O) groups excluding carboxylic acids is 1. The lowest BCUT2D eigenvalue weighted by atomic mass is 9.44. The summed E-state index contributed by atoms with van der Waals surface area (Å²) in [6, 6.07) is 0. The largest absolute Gasteiger partial charge is 0.393 e. The Labute approximate surface area is 179 Å². The number of ketones is 1. The second-order valence-corrected chi connectivity index (χ2v) is 12.6. The van der Waals surface area contributed by atoms with E-state index in [1.54, 1.807) is 0 Å². The van der Waals surface area contributed by atoms with Crippen molar-refractivity contribution in [2.45, 2.75) is 111 Å². The third kappa shape index (κ3) is 3.64. The minimum Gasteiger partial charge on any atom is -0.393 e. The van der Waals surface area contributed by atoms with E-state index in [1.165, 1.54) is 44.9 Å². The lowest BCUT2D eigenvalue weighted by Crippen LogP contribution is -2.57. The van der Waals surface area contributed by atoms with Gasteiger partial charge in [-0.05, 0) is 91.3 Å². The van der Waals surface area contributed by atoms with E-state index >= 15 is 0 Å². The van der Waals surface area contributed by atoms with Gasteiger partial charge in [0.05, 0.1) is 6.10 Å². The number of hydrogen-bond donors (Lipinski definition) is 1. The van der Waals surface area contributed by atoms with Gasteiger partial charge in [-0.1, -0.05) is 53.9 Å². The molecule has 0 aromatic carbocycles. The number of aliphatic hydroxyl groups is 1. The molecule has 0 aromatic heterocycles. The van der Waals surface area contributed by atoms with Gasteiger partial charge in [0.1, 0.15) is 5.78 Å². The molecule has 0 saturated heterocycles. The van der Waals surface area contributed by atoms with Crippen molar-refractivity contribution in [2.24, 2.45) is 52.3 Å². The SMILES string of the molecule is CC(C)CCC[C@@H](C)[C@H]1CC[C@H]2[C@@H]3CC(=O)[C@@H]4C[C@@H](O)CC[C@]4(C)[C@H]3CC[C@]12C. The predicted molar refractivity (Wildman–Crippen MR) is 119 cm³/mol. The maximum absolute atomic E-state index is 13.2. The zero-order chi connectivity index (χ0) is 21.0. The number of carbonyl (C=O) groups is 1. The number of Topliss-reactive ketones (excluding diaryl/α,β-unsaturated/α-hetero) is 1. The van der Waals surface area contributed by atoms with Crippen LogP contribution in [0.15, 0.2) is 0 Å². The molecule has 166 valence electrons. The zero-order valence-corrected chi connectivity index (χ0v) is 19.8. The number of hydrogen-bond acceptors (Lipinski definition) is 2. The van der Waals surface area contributed by atoms with Gasteiger partial charge in [0.2, 0.25) is 0 Å². The molecule has 0 unspecified atom stereocenters. The molecule has 0 aliphatic heterocycles. The molecule has 4 aliphatic rings. The molecule has 0 radical (unpaired) electrons. The van der Waals surface area contributed by atoms with E-state index in [2.05, 4.69) is 34.6 Å². The fourth-order valence-corrected chi connectivity index (χ4v) is 9.04. The Morgan fingerprint density at radius 3 is 2.38 bits per heavy atom.